The van der Waals surface area contributed by atoms with Gasteiger partial charge in [-0.1, -0.05) is 12.1 Å². The molecule has 0 aromatic heterocycles. The van der Waals surface area contributed by atoms with Crippen molar-refractivity contribution in [3.05, 3.63) is 65.5 Å². The van der Waals surface area contributed by atoms with E-state index in [4.69, 9.17) is 0 Å². The van der Waals surface area contributed by atoms with Gasteiger partial charge in [-0.05, 0) is 36.4 Å². The molecule has 0 unspecified atom stereocenters. The standard InChI is InChI=1S/C20H20FN3O4S/c21-15-5-7-16(8-6-15)22-9-11-23(12-10-22)29(27,28)14-13-24-19(25)17-3-1-2-4-18(17)20(24)26/h1-8H,9-14H2. The molecule has 9 heteroatoms. The highest BCUT2D eigenvalue weighted by Gasteiger charge is 2.36. The summed E-state index contributed by atoms with van der Waals surface area (Å²) in [6, 6.07) is 12.6. The van der Waals surface area contributed by atoms with Gasteiger partial charge in [-0.25, -0.2) is 12.8 Å². The molecule has 2 aliphatic rings. The molecule has 2 amide bonds. The van der Waals surface area contributed by atoms with E-state index in [2.05, 4.69) is 0 Å². The zero-order valence-electron chi connectivity index (χ0n) is 15.6. The maximum atomic E-state index is 13.1. The molecule has 0 radical (unpaired) electrons. The lowest BCUT2D eigenvalue weighted by atomic mass is 10.1. The van der Waals surface area contributed by atoms with E-state index in [9.17, 15) is 22.4 Å². The molecule has 4 rings (SSSR count). The molecule has 2 aliphatic heterocycles. The normalized spacial score (nSPS) is 17.7. The molecule has 2 heterocycles. The summed E-state index contributed by atoms with van der Waals surface area (Å²) in [5, 5.41) is 0. The van der Waals surface area contributed by atoms with Crippen molar-refractivity contribution in [3.63, 3.8) is 0 Å². The first-order valence-corrected chi connectivity index (χ1v) is 10.9. The van der Waals surface area contributed by atoms with Gasteiger partial charge in [-0.3, -0.25) is 14.5 Å². The van der Waals surface area contributed by atoms with Gasteiger partial charge in [0.25, 0.3) is 11.8 Å². The third-order valence-corrected chi connectivity index (χ3v) is 7.13. The van der Waals surface area contributed by atoms with E-state index in [1.807, 2.05) is 4.90 Å². The molecule has 0 aliphatic carbocycles. The smallest absolute Gasteiger partial charge is 0.261 e. The van der Waals surface area contributed by atoms with Crippen molar-refractivity contribution in [3.8, 4) is 0 Å². The molecular weight excluding hydrogens is 397 g/mol. The number of imide groups is 1. The third-order valence-electron chi connectivity index (χ3n) is 5.27. The zero-order chi connectivity index (χ0) is 20.6. The van der Waals surface area contributed by atoms with Crippen molar-refractivity contribution in [2.24, 2.45) is 0 Å². The van der Waals surface area contributed by atoms with Gasteiger partial charge in [0, 0.05) is 38.4 Å². The van der Waals surface area contributed by atoms with Gasteiger partial charge in [0.2, 0.25) is 10.0 Å². The highest BCUT2D eigenvalue weighted by Crippen LogP contribution is 2.23. The number of fused-ring (bicyclic) bond motifs is 1. The van der Waals surface area contributed by atoms with Crippen LogP contribution in [0.4, 0.5) is 10.1 Å². The fourth-order valence-electron chi connectivity index (χ4n) is 3.65. The van der Waals surface area contributed by atoms with Gasteiger partial charge in [-0.15, -0.1) is 0 Å². The first-order chi connectivity index (χ1) is 13.9. The Balaban J connectivity index is 1.36. The predicted molar refractivity (Wildman–Crippen MR) is 106 cm³/mol. The molecule has 2 aromatic rings. The SMILES string of the molecule is O=C1c2ccccc2C(=O)N1CCS(=O)(=O)N1CCN(c2ccc(F)cc2)CC1. The van der Waals surface area contributed by atoms with E-state index in [0.29, 0.717) is 37.3 Å². The first-order valence-electron chi connectivity index (χ1n) is 9.30. The molecule has 0 atom stereocenters. The Morgan fingerprint density at radius 3 is 1.93 bits per heavy atom. The summed E-state index contributed by atoms with van der Waals surface area (Å²) in [4.78, 5) is 27.8. The van der Waals surface area contributed by atoms with Gasteiger partial charge in [-0.2, -0.15) is 4.31 Å². The van der Waals surface area contributed by atoms with Gasteiger partial charge in [0.05, 0.1) is 16.9 Å². The van der Waals surface area contributed by atoms with Crippen molar-refractivity contribution in [1.29, 1.82) is 0 Å². The number of benzene rings is 2. The lowest BCUT2D eigenvalue weighted by Crippen LogP contribution is -2.50. The summed E-state index contributed by atoms with van der Waals surface area (Å²) in [6.07, 6.45) is 0. The van der Waals surface area contributed by atoms with E-state index in [1.54, 1.807) is 36.4 Å². The van der Waals surface area contributed by atoms with Gasteiger partial charge >= 0.3 is 0 Å². The number of halogens is 1. The molecule has 0 saturated carbocycles. The Kier molecular flexibility index (Phi) is 5.10. The summed E-state index contributed by atoms with van der Waals surface area (Å²) < 4.78 is 39.9. The maximum absolute atomic E-state index is 13.1. The van der Waals surface area contributed by atoms with Crippen molar-refractivity contribution >= 4 is 27.5 Å². The Morgan fingerprint density at radius 1 is 0.828 bits per heavy atom. The van der Waals surface area contributed by atoms with Crippen LogP contribution in [0.15, 0.2) is 48.5 Å². The average Bonchev–Trinajstić information content (AvgIpc) is 2.98. The van der Waals surface area contributed by atoms with E-state index >= 15 is 0 Å². The topological polar surface area (TPSA) is 78.0 Å². The second-order valence-corrected chi connectivity index (χ2v) is 9.07. The third kappa shape index (κ3) is 3.75. The number of rotatable bonds is 5. The molecule has 1 fully saturated rings. The average molecular weight is 417 g/mol. The molecule has 0 bridgehead atoms. The predicted octanol–water partition coefficient (Wildman–Crippen LogP) is 1.57. The van der Waals surface area contributed by atoms with Gasteiger partial charge in [0.1, 0.15) is 5.82 Å². The van der Waals surface area contributed by atoms with Crippen LogP contribution in [0.5, 0.6) is 0 Å². The minimum atomic E-state index is -3.62. The number of nitrogens with zero attached hydrogens (tertiary/aromatic N) is 3. The number of hydrogen-bond acceptors (Lipinski definition) is 5. The van der Waals surface area contributed by atoms with Crippen molar-refractivity contribution in [1.82, 2.24) is 9.21 Å². The van der Waals surface area contributed by atoms with Crippen LogP contribution in [-0.2, 0) is 10.0 Å². The monoisotopic (exact) mass is 417 g/mol. The molecule has 29 heavy (non-hydrogen) atoms. The maximum Gasteiger partial charge on any atom is 0.261 e. The van der Waals surface area contributed by atoms with E-state index in [0.717, 1.165) is 10.6 Å². The fraction of sp³-hybridized carbons (Fsp3) is 0.300. The number of hydrogen-bond donors (Lipinski definition) is 0. The van der Waals surface area contributed by atoms with Crippen LogP contribution in [-0.4, -0.2) is 67.9 Å². The van der Waals surface area contributed by atoms with Crippen LogP contribution < -0.4 is 4.90 Å². The van der Waals surface area contributed by atoms with Crippen LogP contribution in [0, 0.1) is 5.82 Å². The Bertz CT molecular complexity index is 1010. The molecule has 0 spiro atoms. The molecule has 2 aromatic carbocycles. The summed E-state index contributed by atoms with van der Waals surface area (Å²) in [6.45, 7) is 1.38. The number of carbonyl (C=O) groups is 2. The van der Waals surface area contributed by atoms with Crippen molar-refractivity contribution in [2.45, 2.75) is 0 Å². The second kappa shape index (κ2) is 7.57. The van der Waals surface area contributed by atoms with E-state index < -0.39 is 21.8 Å². The minimum Gasteiger partial charge on any atom is -0.369 e. The van der Waals surface area contributed by atoms with Crippen molar-refractivity contribution < 1.29 is 22.4 Å². The summed E-state index contributed by atoms with van der Waals surface area (Å²) in [5.74, 6) is -1.54. The highest BCUT2D eigenvalue weighted by molar-refractivity contribution is 7.89. The zero-order valence-corrected chi connectivity index (χ0v) is 16.4. The summed E-state index contributed by atoms with van der Waals surface area (Å²) in [5.41, 5.74) is 1.46. The molecule has 1 saturated heterocycles. The van der Waals surface area contributed by atoms with Crippen molar-refractivity contribution in [2.75, 3.05) is 43.4 Å². The Morgan fingerprint density at radius 2 is 1.38 bits per heavy atom. The Hall–Kier alpha value is -2.78. The molecule has 152 valence electrons. The summed E-state index contributed by atoms with van der Waals surface area (Å²) >= 11 is 0. The molecule has 7 nitrogen and oxygen atoms in total. The van der Waals surface area contributed by atoms with Crippen LogP contribution >= 0.6 is 0 Å². The Labute approximate surface area is 168 Å². The lowest BCUT2D eigenvalue weighted by Gasteiger charge is -2.35. The minimum absolute atomic E-state index is 0.174. The van der Waals surface area contributed by atoms with Crippen LogP contribution in [0.3, 0.4) is 0 Å². The van der Waals surface area contributed by atoms with E-state index in [-0.39, 0.29) is 18.1 Å². The highest BCUT2D eigenvalue weighted by atomic mass is 32.2. The van der Waals surface area contributed by atoms with Crippen LogP contribution in [0.1, 0.15) is 20.7 Å². The van der Waals surface area contributed by atoms with Gasteiger partial charge in [0.15, 0.2) is 0 Å². The second-order valence-electron chi connectivity index (χ2n) is 6.99. The number of sulfonamides is 1. The lowest BCUT2D eigenvalue weighted by molar-refractivity contribution is 0.0663. The molecular formula is C20H20FN3O4S. The number of anilines is 1. The summed E-state index contributed by atoms with van der Waals surface area (Å²) in [7, 11) is -3.62. The number of amides is 2. The fourth-order valence-corrected chi connectivity index (χ4v) is 5.05. The number of piperazine rings is 1. The quantitative estimate of drug-likeness (QED) is 0.691. The van der Waals surface area contributed by atoms with Crippen LogP contribution in [0.2, 0.25) is 0 Å². The van der Waals surface area contributed by atoms with Crippen LogP contribution in [0.25, 0.3) is 0 Å². The number of carbonyl (C=O) groups excluding carboxylic acids is 2. The molecule has 0 N–H and O–H groups in total. The first kappa shape index (κ1) is 19.5. The largest absolute Gasteiger partial charge is 0.369 e. The van der Waals surface area contributed by atoms with E-state index in [1.165, 1.54) is 16.4 Å². The van der Waals surface area contributed by atoms with Gasteiger partial charge < -0.3 is 4.90 Å².